The van der Waals surface area contributed by atoms with Gasteiger partial charge in [-0.25, -0.2) is 4.68 Å². The highest BCUT2D eigenvalue weighted by Crippen LogP contribution is 2.16. The summed E-state index contributed by atoms with van der Waals surface area (Å²) in [6, 6.07) is 0. The lowest BCUT2D eigenvalue weighted by molar-refractivity contribution is -0.127. The third kappa shape index (κ3) is 14.4. The Hall–Kier alpha value is -2.33. The van der Waals surface area contributed by atoms with Gasteiger partial charge in [0.05, 0.1) is 25.5 Å². The number of ether oxygens (including phenoxy) is 2. The summed E-state index contributed by atoms with van der Waals surface area (Å²) in [5.74, 6) is 0.208. The molecule has 0 aliphatic rings. The topological polar surface area (TPSA) is 124 Å². The van der Waals surface area contributed by atoms with Gasteiger partial charge in [-0.1, -0.05) is 32.9 Å². The van der Waals surface area contributed by atoms with E-state index in [0.29, 0.717) is 71.7 Å². The van der Waals surface area contributed by atoms with Crippen molar-refractivity contribution in [2.75, 3.05) is 39.5 Å². The Morgan fingerprint density at radius 2 is 1.58 bits per heavy atom. The number of ketones is 1. The lowest BCUT2D eigenvalue weighted by Gasteiger charge is -2.16. The smallest absolute Gasteiger partial charge is 0.220 e. The predicted molar refractivity (Wildman–Crippen MR) is 125 cm³/mol. The molecule has 0 aromatic carbocycles. The Kier molecular flexibility index (Phi) is 14.2. The van der Waals surface area contributed by atoms with Gasteiger partial charge in [0.25, 0.3) is 0 Å². The number of nitrogens with zero attached hydrogens (tertiary/aromatic N) is 3. The molecule has 1 aromatic rings. The summed E-state index contributed by atoms with van der Waals surface area (Å²) in [6.45, 7) is 11.3. The highest BCUT2D eigenvalue weighted by atomic mass is 16.5. The summed E-state index contributed by atoms with van der Waals surface area (Å²) in [6.07, 6.45) is 5.11. The zero-order valence-corrected chi connectivity index (χ0v) is 20.7. The molecule has 0 fully saturated rings. The van der Waals surface area contributed by atoms with Crippen LogP contribution in [0, 0.1) is 5.41 Å². The number of aryl methyl sites for hydroxylation is 1. The van der Waals surface area contributed by atoms with Crippen molar-refractivity contribution in [1.82, 2.24) is 25.6 Å². The van der Waals surface area contributed by atoms with Gasteiger partial charge in [0.1, 0.15) is 5.78 Å². The van der Waals surface area contributed by atoms with Gasteiger partial charge in [0, 0.05) is 63.6 Å². The Morgan fingerprint density at radius 1 is 0.939 bits per heavy atom. The quantitative estimate of drug-likeness (QED) is 0.315. The van der Waals surface area contributed by atoms with E-state index in [1.165, 1.54) is 0 Å². The molecule has 1 aromatic heterocycles. The zero-order valence-electron chi connectivity index (χ0n) is 20.7. The van der Waals surface area contributed by atoms with Crippen molar-refractivity contribution in [1.29, 1.82) is 0 Å². The molecule has 0 unspecified atom stereocenters. The first-order valence-electron chi connectivity index (χ1n) is 11.8. The third-order valence-electron chi connectivity index (χ3n) is 4.87. The average Bonchev–Trinajstić information content (AvgIpc) is 3.23. The number of carbonyl (C=O) groups excluding carboxylic acids is 3. The van der Waals surface area contributed by atoms with Crippen molar-refractivity contribution in [3.05, 3.63) is 11.9 Å². The lowest BCUT2D eigenvalue weighted by atomic mass is 9.89. The first-order chi connectivity index (χ1) is 15.7. The molecule has 0 saturated carbocycles. The molecule has 10 heteroatoms. The molecule has 2 N–H and O–H groups in total. The van der Waals surface area contributed by atoms with E-state index in [9.17, 15) is 14.4 Å². The number of carbonyl (C=O) groups is 3. The van der Waals surface area contributed by atoms with Crippen LogP contribution in [0.4, 0.5) is 0 Å². The third-order valence-corrected chi connectivity index (χ3v) is 4.87. The summed E-state index contributed by atoms with van der Waals surface area (Å²) < 4.78 is 12.7. The maximum absolute atomic E-state index is 12.0. The van der Waals surface area contributed by atoms with E-state index in [0.717, 1.165) is 18.5 Å². The van der Waals surface area contributed by atoms with E-state index in [2.05, 4.69) is 20.9 Å². The molecular formula is C23H41N5O5. The van der Waals surface area contributed by atoms with Gasteiger partial charge in [-0.15, -0.1) is 5.10 Å². The molecule has 0 saturated heterocycles. The van der Waals surface area contributed by atoms with Gasteiger partial charge in [-0.3, -0.25) is 14.4 Å². The van der Waals surface area contributed by atoms with Crippen LogP contribution in [0.15, 0.2) is 6.20 Å². The minimum atomic E-state index is -0.334. The fourth-order valence-corrected chi connectivity index (χ4v) is 2.72. The molecule has 33 heavy (non-hydrogen) atoms. The van der Waals surface area contributed by atoms with Gasteiger partial charge < -0.3 is 20.1 Å². The Balaban J connectivity index is 2.02. The molecule has 0 aliphatic carbocycles. The summed E-state index contributed by atoms with van der Waals surface area (Å²) >= 11 is 0. The second-order valence-electron chi connectivity index (χ2n) is 8.88. The van der Waals surface area contributed by atoms with Gasteiger partial charge in [0.2, 0.25) is 11.8 Å². The van der Waals surface area contributed by atoms with Crippen LogP contribution >= 0.6 is 0 Å². The number of aromatic nitrogens is 3. The van der Waals surface area contributed by atoms with Crippen LogP contribution in [0.2, 0.25) is 0 Å². The van der Waals surface area contributed by atoms with Crippen molar-refractivity contribution < 1.29 is 23.9 Å². The summed E-state index contributed by atoms with van der Waals surface area (Å²) in [4.78, 5) is 34.9. The van der Waals surface area contributed by atoms with Crippen molar-refractivity contribution >= 4 is 17.6 Å². The average molecular weight is 468 g/mol. The van der Waals surface area contributed by atoms with Crippen LogP contribution in [0.3, 0.4) is 0 Å². The molecular weight excluding hydrogens is 426 g/mol. The van der Waals surface area contributed by atoms with Crippen molar-refractivity contribution in [2.45, 2.75) is 72.8 Å². The fourth-order valence-electron chi connectivity index (χ4n) is 2.72. The zero-order chi connectivity index (χ0) is 24.5. The Labute approximate surface area is 197 Å². The largest absolute Gasteiger partial charge is 0.381 e. The number of amides is 2. The molecule has 10 nitrogen and oxygen atoms in total. The van der Waals surface area contributed by atoms with Crippen molar-refractivity contribution in [3.8, 4) is 0 Å². The van der Waals surface area contributed by atoms with Gasteiger partial charge >= 0.3 is 0 Å². The van der Waals surface area contributed by atoms with E-state index >= 15 is 0 Å². The van der Waals surface area contributed by atoms with Crippen LogP contribution < -0.4 is 10.6 Å². The molecule has 1 rings (SSSR count). The first kappa shape index (κ1) is 28.7. The van der Waals surface area contributed by atoms with Crippen LogP contribution in [-0.4, -0.2) is 72.1 Å². The number of hydrogen-bond acceptors (Lipinski definition) is 7. The first-order valence-corrected chi connectivity index (χ1v) is 11.8. The van der Waals surface area contributed by atoms with Gasteiger partial charge in [-0.2, -0.15) is 0 Å². The van der Waals surface area contributed by atoms with Crippen LogP contribution in [0.5, 0.6) is 0 Å². The number of nitrogens with one attached hydrogen (secondary N) is 2. The molecule has 0 aliphatic heterocycles. The Morgan fingerprint density at radius 3 is 2.21 bits per heavy atom. The maximum Gasteiger partial charge on any atom is 0.220 e. The summed E-state index contributed by atoms with van der Waals surface area (Å²) in [5, 5.41) is 13.8. The van der Waals surface area contributed by atoms with Gasteiger partial charge in [-0.05, 0) is 12.8 Å². The standard InChI is InChI=1S/C23H41N5O5/c1-5-21(30)24-11-6-14-32-15-7-12-25-22(31)9-8-19-18-28(27-26-19)13-17-33-16-10-20(29)23(2,3)4/h18H,5-17H2,1-4H3,(H,24,30)(H,25,31). The SMILES string of the molecule is CCC(=O)NCCCOCCCNC(=O)CCc1cn(CCOCCC(=O)C(C)(C)C)nn1. The van der Waals surface area contributed by atoms with Gasteiger partial charge in [0.15, 0.2) is 0 Å². The van der Waals surface area contributed by atoms with E-state index in [1.807, 2.05) is 33.9 Å². The highest BCUT2D eigenvalue weighted by molar-refractivity contribution is 5.83. The molecule has 188 valence electrons. The minimum absolute atomic E-state index is 0.0290. The summed E-state index contributed by atoms with van der Waals surface area (Å²) in [5.41, 5.74) is 0.422. The van der Waals surface area contributed by atoms with E-state index in [-0.39, 0.29) is 23.0 Å². The number of rotatable bonds is 18. The molecule has 0 atom stereocenters. The van der Waals surface area contributed by atoms with Crippen molar-refractivity contribution in [3.63, 3.8) is 0 Å². The van der Waals surface area contributed by atoms with Crippen LogP contribution in [-0.2, 0) is 36.8 Å². The van der Waals surface area contributed by atoms with E-state index < -0.39 is 0 Å². The second-order valence-corrected chi connectivity index (χ2v) is 8.88. The Bertz CT molecular complexity index is 714. The number of hydrogen-bond donors (Lipinski definition) is 2. The predicted octanol–water partition coefficient (Wildman–Crippen LogP) is 1.67. The number of Topliss-reactive ketones (excluding diaryl/α,β-unsaturated/α-hetero) is 1. The van der Waals surface area contributed by atoms with E-state index in [1.54, 1.807) is 4.68 Å². The molecule has 2 amide bonds. The molecule has 1 heterocycles. The fraction of sp³-hybridized carbons (Fsp3) is 0.783. The molecule has 0 bridgehead atoms. The molecule has 0 radical (unpaired) electrons. The van der Waals surface area contributed by atoms with Crippen LogP contribution in [0.25, 0.3) is 0 Å². The lowest BCUT2D eigenvalue weighted by Crippen LogP contribution is -2.26. The molecule has 0 spiro atoms. The maximum atomic E-state index is 12.0. The van der Waals surface area contributed by atoms with E-state index in [4.69, 9.17) is 9.47 Å². The normalized spacial score (nSPS) is 11.4. The second kappa shape index (κ2) is 16.3. The van der Waals surface area contributed by atoms with Crippen LogP contribution in [0.1, 0.15) is 65.5 Å². The van der Waals surface area contributed by atoms with Crippen molar-refractivity contribution in [2.24, 2.45) is 5.41 Å². The monoisotopic (exact) mass is 467 g/mol. The minimum Gasteiger partial charge on any atom is -0.381 e. The highest BCUT2D eigenvalue weighted by Gasteiger charge is 2.20. The summed E-state index contributed by atoms with van der Waals surface area (Å²) in [7, 11) is 0.